The molecular weight excluding hydrogens is 456 g/mol. The number of aromatic amines is 1. The number of benzene rings is 2. The lowest BCUT2D eigenvalue weighted by molar-refractivity contribution is 0.213. The summed E-state index contributed by atoms with van der Waals surface area (Å²) in [5, 5.41) is 1.21. The van der Waals surface area contributed by atoms with E-state index in [9.17, 15) is 0 Å². The standard InChI is InChI=1S/C31H32N6/c1-35(2)28-9-4-3-7-24(28)8-5-6-17-36-18-13-25(14-19-36)31-34-30(29-22-32-16-20-37(29)31)26-11-10-23-12-15-33-27(23)21-26/h3-4,7,9-12,15-16,20-22,25,33H,6,13-14,17-19H2,1-2H3. The lowest BCUT2D eigenvalue weighted by Crippen LogP contribution is -2.34. The summed E-state index contributed by atoms with van der Waals surface area (Å²) >= 11 is 0. The predicted molar refractivity (Wildman–Crippen MR) is 151 cm³/mol. The number of hydrogen-bond acceptors (Lipinski definition) is 4. The van der Waals surface area contributed by atoms with Gasteiger partial charge in [-0.2, -0.15) is 0 Å². The molecule has 0 aliphatic carbocycles. The van der Waals surface area contributed by atoms with Crippen molar-refractivity contribution in [2.24, 2.45) is 0 Å². The first-order valence-electron chi connectivity index (χ1n) is 13.0. The average Bonchev–Trinajstić information content (AvgIpc) is 3.56. The van der Waals surface area contributed by atoms with E-state index in [-0.39, 0.29) is 0 Å². The second-order valence-corrected chi connectivity index (χ2v) is 10.0. The van der Waals surface area contributed by atoms with Crippen LogP contribution >= 0.6 is 0 Å². The summed E-state index contributed by atoms with van der Waals surface area (Å²) in [5.41, 5.74) is 6.60. The quantitative estimate of drug-likeness (QED) is 0.329. The molecule has 3 aromatic heterocycles. The van der Waals surface area contributed by atoms with Gasteiger partial charge in [-0.3, -0.25) is 9.38 Å². The van der Waals surface area contributed by atoms with E-state index in [4.69, 9.17) is 4.98 Å². The highest BCUT2D eigenvalue weighted by molar-refractivity contribution is 5.87. The van der Waals surface area contributed by atoms with Crippen molar-refractivity contribution in [1.82, 2.24) is 24.3 Å². The summed E-state index contributed by atoms with van der Waals surface area (Å²) in [6, 6.07) is 16.9. The third-order valence-electron chi connectivity index (χ3n) is 7.42. The van der Waals surface area contributed by atoms with E-state index in [1.165, 1.54) is 11.1 Å². The van der Waals surface area contributed by atoms with Crippen molar-refractivity contribution in [2.45, 2.75) is 25.2 Å². The van der Waals surface area contributed by atoms with E-state index in [1.54, 1.807) is 0 Å². The number of para-hydroxylation sites is 1. The molecule has 1 aliphatic rings. The molecule has 6 nitrogen and oxygen atoms in total. The van der Waals surface area contributed by atoms with Gasteiger partial charge in [0.2, 0.25) is 0 Å². The molecule has 5 aromatic rings. The molecule has 1 saturated heterocycles. The van der Waals surface area contributed by atoms with Crippen LogP contribution < -0.4 is 4.90 Å². The van der Waals surface area contributed by atoms with E-state index >= 15 is 0 Å². The van der Waals surface area contributed by atoms with Crippen LogP contribution in [0.15, 0.2) is 73.3 Å². The number of hydrogen-bond donors (Lipinski definition) is 1. The topological polar surface area (TPSA) is 52.5 Å². The largest absolute Gasteiger partial charge is 0.377 e. The van der Waals surface area contributed by atoms with Crippen LogP contribution in [-0.2, 0) is 0 Å². The van der Waals surface area contributed by atoms with Gasteiger partial charge in [-0.1, -0.05) is 36.1 Å². The molecule has 2 aromatic carbocycles. The molecule has 6 heteroatoms. The van der Waals surface area contributed by atoms with Crippen molar-refractivity contribution >= 4 is 22.1 Å². The zero-order valence-corrected chi connectivity index (χ0v) is 21.5. The molecule has 0 unspecified atom stereocenters. The number of fused-ring (bicyclic) bond motifs is 2. The molecule has 0 amide bonds. The third-order valence-corrected chi connectivity index (χ3v) is 7.42. The van der Waals surface area contributed by atoms with Gasteiger partial charge in [-0.05, 0) is 55.6 Å². The highest BCUT2D eigenvalue weighted by atomic mass is 15.1. The van der Waals surface area contributed by atoms with Crippen LogP contribution in [0.2, 0.25) is 0 Å². The third kappa shape index (κ3) is 4.71. The van der Waals surface area contributed by atoms with Crippen LogP contribution in [0.25, 0.3) is 27.7 Å². The molecule has 0 atom stereocenters. The Kier molecular flexibility index (Phi) is 6.38. The Balaban J connectivity index is 1.14. The highest BCUT2D eigenvalue weighted by Gasteiger charge is 2.25. The minimum Gasteiger partial charge on any atom is -0.377 e. The highest BCUT2D eigenvalue weighted by Crippen LogP contribution is 2.33. The van der Waals surface area contributed by atoms with Gasteiger partial charge in [-0.25, -0.2) is 4.98 Å². The van der Waals surface area contributed by atoms with Crippen LogP contribution in [0.1, 0.15) is 36.6 Å². The number of likely N-dealkylation sites (tertiary alicyclic amines) is 1. The fourth-order valence-electron chi connectivity index (χ4n) is 5.41. The fourth-order valence-corrected chi connectivity index (χ4v) is 5.41. The number of imidazole rings is 1. The number of anilines is 1. The van der Waals surface area contributed by atoms with E-state index in [2.05, 4.69) is 105 Å². The summed E-state index contributed by atoms with van der Waals surface area (Å²) in [5.74, 6) is 8.36. The van der Waals surface area contributed by atoms with Crippen molar-refractivity contribution in [1.29, 1.82) is 0 Å². The summed E-state index contributed by atoms with van der Waals surface area (Å²) in [7, 11) is 4.13. The van der Waals surface area contributed by atoms with Gasteiger partial charge < -0.3 is 14.8 Å². The van der Waals surface area contributed by atoms with Gasteiger partial charge >= 0.3 is 0 Å². The van der Waals surface area contributed by atoms with Gasteiger partial charge in [0.1, 0.15) is 5.82 Å². The lowest BCUT2D eigenvalue weighted by Gasteiger charge is -2.30. The smallest absolute Gasteiger partial charge is 0.117 e. The normalized spacial score (nSPS) is 14.6. The molecule has 6 rings (SSSR count). The van der Waals surface area contributed by atoms with Crippen LogP contribution in [0.5, 0.6) is 0 Å². The molecular formula is C31H32N6. The number of nitrogens with one attached hydrogen (secondary N) is 1. The molecule has 0 bridgehead atoms. The van der Waals surface area contributed by atoms with Crippen LogP contribution in [0.3, 0.4) is 0 Å². The second-order valence-electron chi connectivity index (χ2n) is 10.0. The van der Waals surface area contributed by atoms with E-state index < -0.39 is 0 Å². The Morgan fingerprint density at radius 2 is 1.95 bits per heavy atom. The Morgan fingerprint density at radius 1 is 1.08 bits per heavy atom. The molecule has 186 valence electrons. The summed E-state index contributed by atoms with van der Waals surface area (Å²) < 4.78 is 2.25. The molecule has 1 aliphatic heterocycles. The second kappa shape index (κ2) is 10.1. The van der Waals surface area contributed by atoms with Gasteiger partial charge in [0.25, 0.3) is 0 Å². The number of aromatic nitrogens is 4. The van der Waals surface area contributed by atoms with E-state index in [0.717, 1.165) is 72.6 Å². The van der Waals surface area contributed by atoms with E-state index in [0.29, 0.717) is 5.92 Å². The van der Waals surface area contributed by atoms with Crippen LogP contribution in [-0.4, -0.2) is 58.0 Å². The Hall–Kier alpha value is -4.08. The molecule has 0 spiro atoms. The predicted octanol–water partition coefficient (Wildman–Crippen LogP) is 5.56. The number of rotatable bonds is 5. The number of piperidine rings is 1. The lowest BCUT2D eigenvalue weighted by atomic mass is 9.96. The molecule has 1 N–H and O–H groups in total. The SMILES string of the molecule is CN(C)c1ccccc1C#CCCN1CCC(c2nc(-c3ccc4cc[nH]c4c3)c3cnccn23)CC1. The first-order valence-corrected chi connectivity index (χ1v) is 13.0. The van der Waals surface area contributed by atoms with Crippen molar-refractivity contribution < 1.29 is 0 Å². The average molecular weight is 489 g/mol. The molecule has 0 saturated carbocycles. The van der Waals surface area contributed by atoms with Gasteiger partial charge in [0.15, 0.2) is 0 Å². The molecule has 1 fully saturated rings. The zero-order valence-electron chi connectivity index (χ0n) is 21.5. The van der Waals surface area contributed by atoms with Crippen molar-refractivity contribution in [3.8, 4) is 23.1 Å². The first kappa shape index (κ1) is 23.3. The maximum atomic E-state index is 5.20. The monoisotopic (exact) mass is 488 g/mol. The number of nitrogens with zero attached hydrogens (tertiary/aromatic N) is 5. The van der Waals surface area contributed by atoms with Gasteiger partial charge in [0, 0.05) is 68.2 Å². The Bertz CT molecular complexity index is 1590. The maximum absolute atomic E-state index is 5.20. The molecule has 0 radical (unpaired) electrons. The van der Waals surface area contributed by atoms with E-state index in [1.807, 2.05) is 18.6 Å². The first-order chi connectivity index (χ1) is 18.2. The minimum absolute atomic E-state index is 0.437. The summed E-state index contributed by atoms with van der Waals surface area (Å²) in [6.07, 6.45) is 10.9. The fraction of sp³-hybridized carbons (Fsp3) is 0.290. The molecule has 4 heterocycles. The Morgan fingerprint density at radius 3 is 2.81 bits per heavy atom. The summed E-state index contributed by atoms with van der Waals surface area (Å²) in [4.78, 5) is 17.6. The minimum atomic E-state index is 0.437. The maximum Gasteiger partial charge on any atom is 0.117 e. The number of H-pyrrole nitrogens is 1. The zero-order chi connectivity index (χ0) is 25.2. The Labute approximate surface area is 218 Å². The van der Waals surface area contributed by atoms with Crippen molar-refractivity contribution in [3.05, 3.63) is 84.7 Å². The van der Waals surface area contributed by atoms with Crippen molar-refractivity contribution in [2.75, 3.05) is 38.6 Å². The molecule has 37 heavy (non-hydrogen) atoms. The summed E-state index contributed by atoms with van der Waals surface area (Å²) in [6.45, 7) is 3.16. The van der Waals surface area contributed by atoms with Crippen LogP contribution in [0, 0.1) is 11.8 Å². The van der Waals surface area contributed by atoms with Crippen molar-refractivity contribution in [3.63, 3.8) is 0 Å². The van der Waals surface area contributed by atoms with Crippen LogP contribution in [0.4, 0.5) is 5.69 Å². The van der Waals surface area contributed by atoms with Gasteiger partial charge in [0.05, 0.1) is 23.1 Å². The van der Waals surface area contributed by atoms with Gasteiger partial charge in [-0.15, -0.1) is 0 Å².